The molecule has 0 fully saturated rings. The topological polar surface area (TPSA) is 80.7 Å². The Morgan fingerprint density at radius 2 is 1.95 bits per heavy atom. The normalized spacial score (nSPS) is 22.2. The Morgan fingerprint density at radius 1 is 1.32 bits per heavy atom. The fourth-order valence-corrected chi connectivity index (χ4v) is 2.02. The van der Waals surface area contributed by atoms with Crippen LogP contribution in [0.3, 0.4) is 0 Å². The highest BCUT2D eigenvalue weighted by Crippen LogP contribution is 2.31. The van der Waals surface area contributed by atoms with Gasteiger partial charge in [0.1, 0.15) is 0 Å². The number of carboxylic acids is 1. The Hall–Kier alpha value is -2.43. The molecule has 2 rings (SSSR count). The maximum absolute atomic E-state index is 12.4. The van der Waals surface area contributed by atoms with Crippen molar-refractivity contribution in [3.05, 3.63) is 47.5 Å². The van der Waals surface area contributed by atoms with E-state index in [0.717, 1.165) is 12.2 Å². The number of esters is 1. The zero-order chi connectivity index (χ0) is 14.0. The van der Waals surface area contributed by atoms with Gasteiger partial charge in [-0.3, -0.25) is 4.79 Å². The zero-order valence-electron chi connectivity index (χ0n) is 10.3. The molecule has 1 aromatic rings. The number of Topliss-reactive ketones (excluding diaryl/α,β-unsaturated/α-hetero) is 1. The summed E-state index contributed by atoms with van der Waals surface area (Å²) >= 11 is 0. The first-order chi connectivity index (χ1) is 9.00. The van der Waals surface area contributed by atoms with Crippen LogP contribution in [0.5, 0.6) is 0 Å². The lowest BCUT2D eigenvalue weighted by Crippen LogP contribution is -2.45. The van der Waals surface area contributed by atoms with Gasteiger partial charge in [0.05, 0.1) is 5.56 Å². The Labute approximate surface area is 109 Å². The maximum atomic E-state index is 12.4. The lowest BCUT2D eigenvalue weighted by atomic mass is 9.85. The first kappa shape index (κ1) is 13.0. The molecule has 98 valence electrons. The van der Waals surface area contributed by atoms with Crippen LogP contribution < -0.4 is 0 Å². The van der Waals surface area contributed by atoms with E-state index in [9.17, 15) is 14.4 Å². The summed E-state index contributed by atoms with van der Waals surface area (Å²) in [5.74, 6) is -2.22. The third-order valence-electron chi connectivity index (χ3n) is 3.07. The second-order valence-corrected chi connectivity index (χ2v) is 4.18. The fourth-order valence-electron chi connectivity index (χ4n) is 2.02. The second-order valence-electron chi connectivity index (χ2n) is 4.18. The number of ketones is 1. The predicted octanol–water partition coefficient (Wildman–Crippen LogP) is 1.83. The number of aliphatic carboxylic acids is 1. The molecule has 19 heavy (non-hydrogen) atoms. The Balaban J connectivity index is 2.53. The molecule has 5 heteroatoms. The van der Waals surface area contributed by atoms with Gasteiger partial charge in [-0.25, -0.2) is 9.59 Å². The maximum Gasteiger partial charge on any atom is 0.340 e. The largest absolute Gasteiger partial charge is 0.478 e. The molecule has 1 aromatic carbocycles. The van der Waals surface area contributed by atoms with Crippen molar-refractivity contribution < 1.29 is 24.2 Å². The van der Waals surface area contributed by atoms with Gasteiger partial charge in [0.15, 0.2) is 5.60 Å². The van der Waals surface area contributed by atoms with Crippen molar-refractivity contribution in [3.8, 4) is 0 Å². The van der Waals surface area contributed by atoms with Crippen LogP contribution in [0.25, 0.3) is 0 Å². The molecule has 1 atom stereocenters. The molecule has 0 saturated heterocycles. The molecular weight excluding hydrogens is 248 g/mol. The minimum Gasteiger partial charge on any atom is -0.478 e. The molecule has 1 heterocycles. The number of carboxylic acid groups (broad SMARTS) is 1. The highest BCUT2D eigenvalue weighted by Gasteiger charge is 2.44. The van der Waals surface area contributed by atoms with E-state index in [1.54, 1.807) is 19.1 Å². The van der Waals surface area contributed by atoms with Crippen LogP contribution in [0.2, 0.25) is 0 Å². The third kappa shape index (κ3) is 2.14. The van der Waals surface area contributed by atoms with Crippen LogP contribution in [0.1, 0.15) is 34.1 Å². The first-order valence-corrected chi connectivity index (χ1v) is 5.79. The van der Waals surface area contributed by atoms with E-state index in [-0.39, 0.29) is 17.5 Å². The molecule has 1 N–H and O–H groups in total. The van der Waals surface area contributed by atoms with E-state index in [2.05, 4.69) is 0 Å². The van der Waals surface area contributed by atoms with Crippen molar-refractivity contribution in [1.29, 1.82) is 0 Å². The van der Waals surface area contributed by atoms with Crippen molar-refractivity contribution in [2.75, 3.05) is 0 Å². The van der Waals surface area contributed by atoms with E-state index < -0.39 is 23.3 Å². The van der Waals surface area contributed by atoms with Crippen molar-refractivity contribution in [1.82, 2.24) is 0 Å². The van der Waals surface area contributed by atoms with Crippen molar-refractivity contribution in [3.63, 3.8) is 0 Å². The SMILES string of the molecule is CCC1(C=CC(=O)O)OC(=O)c2ccccc2C1=O. The summed E-state index contributed by atoms with van der Waals surface area (Å²) in [5.41, 5.74) is -1.06. The van der Waals surface area contributed by atoms with E-state index in [4.69, 9.17) is 9.84 Å². The molecule has 1 aliphatic rings. The zero-order valence-corrected chi connectivity index (χ0v) is 10.3. The first-order valence-electron chi connectivity index (χ1n) is 5.79. The highest BCUT2D eigenvalue weighted by molar-refractivity contribution is 6.15. The average molecular weight is 260 g/mol. The summed E-state index contributed by atoms with van der Waals surface area (Å²) in [6.45, 7) is 1.66. The number of carbonyl (C=O) groups is 3. The van der Waals surface area contributed by atoms with Gasteiger partial charge in [-0.1, -0.05) is 25.1 Å². The number of rotatable bonds is 3. The van der Waals surface area contributed by atoms with Gasteiger partial charge in [-0.15, -0.1) is 0 Å². The van der Waals surface area contributed by atoms with Crippen LogP contribution >= 0.6 is 0 Å². The van der Waals surface area contributed by atoms with E-state index >= 15 is 0 Å². The minimum atomic E-state index is -1.52. The second kappa shape index (κ2) is 4.68. The lowest BCUT2D eigenvalue weighted by molar-refractivity contribution is -0.131. The summed E-state index contributed by atoms with van der Waals surface area (Å²) in [6, 6.07) is 6.34. The molecule has 1 aliphatic heterocycles. The smallest absolute Gasteiger partial charge is 0.340 e. The Kier molecular flexibility index (Phi) is 3.21. The molecule has 0 saturated carbocycles. The molecule has 0 aromatic heterocycles. The summed E-state index contributed by atoms with van der Waals surface area (Å²) in [6.07, 6.45) is 2.13. The third-order valence-corrected chi connectivity index (χ3v) is 3.07. The summed E-state index contributed by atoms with van der Waals surface area (Å²) in [7, 11) is 0. The summed E-state index contributed by atoms with van der Waals surface area (Å²) < 4.78 is 5.17. The molecule has 0 spiro atoms. The number of cyclic esters (lactones) is 1. The summed E-state index contributed by atoms with van der Waals surface area (Å²) in [4.78, 5) is 34.9. The number of ether oxygens (including phenoxy) is 1. The number of fused-ring (bicyclic) bond motifs is 1. The molecule has 0 amide bonds. The number of hydrogen-bond donors (Lipinski definition) is 1. The van der Waals surface area contributed by atoms with Crippen molar-refractivity contribution in [2.45, 2.75) is 18.9 Å². The van der Waals surface area contributed by atoms with E-state index in [1.807, 2.05) is 0 Å². The molecule has 0 radical (unpaired) electrons. The van der Waals surface area contributed by atoms with Gasteiger partial charge in [-0.05, 0) is 18.6 Å². The standard InChI is InChI=1S/C14H12O5/c1-2-14(8-7-11(15)16)12(17)9-5-3-4-6-10(9)13(18)19-14/h3-8H,2H2,1H3,(H,15,16). The minimum absolute atomic E-state index is 0.176. The van der Waals surface area contributed by atoms with E-state index in [1.165, 1.54) is 12.1 Å². The summed E-state index contributed by atoms with van der Waals surface area (Å²) in [5, 5.41) is 8.66. The van der Waals surface area contributed by atoms with E-state index in [0.29, 0.717) is 0 Å². The Morgan fingerprint density at radius 3 is 2.53 bits per heavy atom. The predicted molar refractivity (Wildman–Crippen MR) is 66.0 cm³/mol. The monoisotopic (exact) mass is 260 g/mol. The number of carbonyl (C=O) groups excluding carboxylic acids is 2. The highest BCUT2D eigenvalue weighted by atomic mass is 16.6. The average Bonchev–Trinajstić information content (AvgIpc) is 2.41. The van der Waals surface area contributed by atoms with Crippen molar-refractivity contribution in [2.24, 2.45) is 0 Å². The van der Waals surface area contributed by atoms with Crippen LogP contribution in [0.4, 0.5) is 0 Å². The van der Waals surface area contributed by atoms with Gasteiger partial charge in [0.2, 0.25) is 5.78 Å². The van der Waals surface area contributed by atoms with Crippen LogP contribution in [0.15, 0.2) is 36.4 Å². The number of hydrogen-bond acceptors (Lipinski definition) is 4. The molecule has 0 aliphatic carbocycles. The van der Waals surface area contributed by atoms with Crippen LogP contribution in [0, 0.1) is 0 Å². The molecule has 5 nitrogen and oxygen atoms in total. The quantitative estimate of drug-likeness (QED) is 0.662. The number of benzene rings is 1. The molecule has 1 unspecified atom stereocenters. The lowest BCUT2D eigenvalue weighted by Gasteiger charge is -2.32. The van der Waals surface area contributed by atoms with Gasteiger partial charge in [0, 0.05) is 11.6 Å². The van der Waals surface area contributed by atoms with Gasteiger partial charge in [0.25, 0.3) is 0 Å². The Bertz CT molecular complexity index is 587. The van der Waals surface area contributed by atoms with Gasteiger partial charge < -0.3 is 9.84 Å². The fraction of sp³-hybridized carbons (Fsp3) is 0.214. The molecule has 0 bridgehead atoms. The van der Waals surface area contributed by atoms with Crippen molar-refractivity contribution >= 4 is 17.7 Å². The van der Waals surface area contributed by atoms with Crippen LogP contribution in [-0.4, -0.2) is 28.4 Å². The van der Waals surface area contributed by atoms with Gasteiger partial charge in [-0.2, -0.15) is 0 Å². The molecular formula is C14H12O5. The van der Waals surface area contributed by atoms with Gasteiger partial charge >= 0.3 is 11.9 Å². The van der Waals surface area contributed by atoms with Crippen LogP contribution in [-0.2, 0) is 9.53 Å².